The van der Waals surface area contributed by atoms with Crippen LogP contribution in [0.1, 0.15) is 17.3 Å². The van der Waals surface area contributed by atoms with E-state index in [9.17, 15) is 9.59 Å². The van der Waals surface area contributed by atoms with E-state index >= 15 is 0 Å². The fourth-order valence-corrected chi connectivity index (χ4v) is 0.965. The first-order valence-corrected chi connectivity index (χ1v) is 5.01. The van der Waals surface area contributed by atoms with Gasteiger partial charge >= 0.3 is 11.4 Å². The number of hydrogen-bond acceptors (Lipinski definition) is 5. The number of hydrazine groups is 1. The lowest BCUT2D eigenvalue weighted by Crippen LogP contribution is -2.07. The summed E-state index contributed by atoms with van der Waals surface area (Å²) in [6, 6.07) is 6.27. The first-order valence-electron chi connectivity index (χ1n) is 4.63. The van der Waals surface area contributed by atoms with Crippen molar-refractivity contribution in [1.82, 2.24) is 0 Å². The highest BCUT2D eigenvalue weighted by atomic mass is 35.5. The second kappa shape index (κ2) is 10.6. The number of nitrogens with two attached hydrogens (primary N) is 1. The highest BCUT2D eigenvalue weighted by molar-refractivity contribution is 6.61. The van der Waals surface area contributed by atoms with Gasteiger partial charge in [-0.2, -0.15) is 0 Å². The maximum absolute atomic E-state index is 10.4. The first-order chi connectivity index (χ1) is 8.01. The van der Waals surface area contributed by atoms with E-state index in [1.54, 1.807) is 19.1 Å². The van der Waals surface area contributed by atoms with E-state index in [-0.39, 0.29) is 18.0 Å². The lowest BCUT2D eigenvalue weighted by atomic mass is 10.2. The Hall–Kier alpha value is -1.50. The molecule has 102 valence electrons. The summed E-state index contributed by atoms with van der Waals surface area (Å²) in [5.41, 5.74) is 2.43. The van der Waals surface area contributed by atoms with Gasteiger partial charge in [-0.05, 0) is 25.1 Å². The number of carbonyl (C=O) groups excluding carboxylic acids is 1. The third-order valence-corrected chi connectivity index (χ3v) is 1.64. The maximum Gasteiger partial charge on any atom is 0.403 e. The van der Waals surface area contributed by atoms with Gasteiger partial charge in [-0.3, -0.25) is 5.84 Å². The van der Waals surface area contributed by atoms with Crippen LogP contribution in [0.4, 0.5) is 10.5 Å². The Kier molecular flexibility index (Phi) is 11.1. The fourth-order valence-electron chi connectivity index (χ4n) is 0.855. The molecule has 1 rings (SSSR count). The highest BCUT2D eigenvalue weighted by Gasteiger charge is 2.00. The van der Waals surface area contributed by atoms with Gasteiger partial charge < -0.3 is 15.3 Å². The number of nitrogens with one attached hydrogen (secondary N) is 1. The molecule has 1 aromatic carbocycles. The van der Waals surface area contributed by atoms with Gasteiger partial charge in [-0.25, -0.2) is 9.59 Å². The lowest BCUT2D eigenvalue weighted by Gasteiger charge is -1.99. The van der Waals surface area contributed by atoms with E-state index in [1.807, 2.05) is 0 Å². The smallest absolute Gasteiger partial charge is 0.403 e. The van der Waals surface area contributed by atoms with E-state index < -0.39 is 11.4 Å². The molecule has 0 aromatic heterocycles. The van der Waals surface area contributed by atoms with Crippen molar-refractivity contribution in [2.24, 2.45) is 5.84 Å². The standard InChI is InChI=1S/C7H8N2O2.C3H5ClO2.ClH/c8-9-6-3-1-2-5(4-6)7(10)11;1-2-6-3(4)5;/h1-4,9H,8H2,(H,10,11);2H2,1H3;1H. The third-order valence-electron chi connectivity index (χ3n) is 1.53. The number of hydrogen-bond donors (Lipinski definition) is 3. The molecule has 0 atom stereocenters. The zero-order valence-electron chi connectivity index (χ0n) is 9.55. The number of anilines is 1. The van der Waals surface area contributed by atoms with E-state index in [1.165, 1.54) is 12.1 Å². The maximum atomic E-state index is 10.4. The van der Waals surface area contributed by atoms with Gasteiger partial charge in [-0.1, -0.05) is 6.07 Å². The molecule has 0 saturated heterocycles. The molecule has 0 spiro atoms. The van der Waals surface area contributed by atoms with Crippen LogP contribution in [-0.2, 0) is 4.74 Å². The predicted octanol–water partition coefficient (Wildman–Crippen LogP) is 2.47. The van der Waals surface area contributed by atoms with Crippen LogP contribution < -0.4 is 11.3 Å². The zero-order valence-corrected chi connectivity index (χ0v) is 11.1. The van der Waals surface area contributed by atoms with Gasteiger partial charge in [0.2, 0.25) is 0 Å². The molecule has 0 aliphatic carbocycles. The minimum absolute atomic E-state index is 0. The Morgan fingerprint density at radius 1 is 1.50 bits per heavy atom. The molecule has 18 heavy (non-hydrogen) atoms. The molecule has 0 bridgehead atoms. The Bertz CT molecular complexity index is 388. The summed E-state index contributed by atoms with van der Waals surface area (Å²) in [7, 11) is 0. The van der Waals surface area contributed by atoms with Crippen molar-refractivity contribution in [2.75, 3.05) is 12.0 Å². The Balaban J connectivity index is 0. The number of aromatic carboxylic acids is 1. The normalized spacial score (nSPS) is 8.17. The Morgan fingerprint density at radius 3 is 2.44 bits per heavy atom. The van der Waals surface area contributed by atoms with Crippen molar-refractivity contribution >= 4 is 41.1 Å². The quantitative estimate of drug-likeness (QED) is 0.450. The number of rotatable bonds is 3. The van der Waals surface area contributed by atoms with Gasteiger partial charge in [0, 0.05) is 17.3 Å². The summed E-state index contributed by atoms with van der Waals surface area (Å²) in [5, 5.41) is 8.54. The zero-order chi connectivity index (χ0) is 13.3. The molecule has 0 aliphatic rings. The van der Waals surface area contributed by atoms with Crippen LogP contribution in [0.15, 0.2) is 24.3 Å². The summed E-state index contributed by atoms with van der Waals surface area (Å²) >= 11 is 4.72. The van der Waals surface area contributed by atoms with Crippen molar-refractivity contribution < 1.29 is 19.4 Å². The van der Waals surface area contributed by atoms with Crippen LogP contribution in [-0.4, -0.2) is 23.1 Å². The van der Waals surface area contributed by atoms with Crippen LogP contribution in [0.5, 0.6) is 0 Å². The molecule has 8 heteroatoms. The number of carboxylic acid groups (broad SMARTS) is 1. The van der Waals surface area contributed by atoms with Crippen molar-refractivity contribution in [3.8, 4) is 0 Å². The minimum atomic E-state index is -0.956. The number of carboxylic acids is 1. The Morgan fingerprint density at radius 2 is 2.11 bits per heavy atom. The van der Waals surface area contributed by atoms with Gasteiger partial charge in [0.15, 0.2) is 0 Å². The number of ether oxygens (including phenoxy) is 1. The number of benzene rings is 1. The average molecular weight is 297 g/mol. The lowest BCUT2D eigenvalue weighted by molar-refractivity contribution is 0.0697. The summed E-state index contributed by atoms with van der Waals surface area (Å²) in [5.74, 6) is 4.12. The fraction of sp³-hybridized carbons (Fsp3) is 0.200. The largest absolute Gasteiger partial charge is 0.478 e. The molecule has 6 nitrogen and oxygen atoms in total. The van der Waals surface area contributed by atoms with Crippen LogP contribution in [0, 0.1) is 0 Å². The molecule has 0 heterocycles. The molecule has 0 amide bonds. The Labute approximate surface area is 115 Å². The van der Waals surface area contributed by atoms with Gasteiger partial charge in [0.05, 0.1) is 12.2 Å². The van der Waals surface area contributed by atoms with Crippen molar-refractivity contribution in [3.63, 3.8) is 0 Å². The molecule has 1 aromatic rings. The van der Waals surface area contributed by atoms with Crippen molar-refractivity contribution in [2.45, 2.75) is 6.92 Å². The molecular weight excluding hydrogens is 283 g/mol. The number of nitrogen functional groups attached to an aromatic ring is 1. The van der Waals surface area contributed by atoms with Gasteiger partial charge in [-0.15, -0.1) is 12.4 Å². The number of halogens is 2. The monoisotopic (exact) mass is 296 g/mol. The van der Waals surface area contributed by atoms with E-state index in [4.69, 9.17) is 22.6 Å². The van der Waals surface area contributed by atoms with Crippen molar-refractivity contribution in [1.29, 1.82) is 0 Å². The summed E-state index contributed by atoms with van der Waals surface area (Å²) in [6.45, 7) is 2.04. The van der Waals surface area contributed by atoms with Crippen LogP contribution in [0.2, 0.25) is 0 Å². The van der Waals surface area contributed by atoms with E-state index in [0.29, 0.717) is 12.3 Å². The SMILES string of the molecule is CCOC(=O)Cl.Cl.NNc1cccc(C(=O)O)c1. The van der Waals surface area contributed by atoms with E-state index in [0.717, 1.165) is 0 Å². The topological polar surface area (TPSA) is 102 Å². The molecule has 0 fully saturated rings. The molecule has 0 saturated carbocycles. The second-order valence-electron chi connectivity index (χ2n) is 2.70. The summed E-state index contributed by atoms with van der Waals surface area (Å²) in [4.78, 5) is 20.0. The average Bonchev–Trinajstić information content (AvgIpc) is 2.29. The van der Waals surface area contributed by atoms with Crippen LogP contribution in [0.25, 0.3) is 0 Å². The molecule has 4 N–H and O–H groups in total. The van der Waals surface area contributed by atoms with Gasteiger partial charge in [0.25, 0.3) is 0 Å². The highest BCUT2D eigenvalue weighted by Crippen LogP contribution is 2.08. The number of carbonyl (C=O) groups is 2. The molecule has 0 aliphatic heterocycles. The van der Waals surface area contributed by atoms with Crippen LogP contribution in [0.3, 0.4) is 0 Å². The first kappa shape index (κ1) is 18.9. The summed E-state index contributed by atoms with van der Waals surface area (Å²) in [6.07, 6.45) is 0. The molecular formula is C10H14Cl2N2O4. The third kappa shape index (κ3) is 8.63. The minimum Gasteiger partial charge on any atom is -0.478 e. The second-order valence-corrected chi connectivity index (χ2v) is 3.01. The summed E-state index contributed by atoms with van der Waals surface area (Å²) < 4.78 is 4.17. The molecule has 0 unspecified atom stereocenters. The predicted molar refractivity (Wildman–Crippen MR) is 71.3 cm³/mol. The van der Waals surface area contributed by atoms with Crippen LogP contribution >= 0.6 is 24.0 Å². The van der Waals surface area contributed by atoms with Gasteiger partial charge in [0.1, 0.15) is 0 Å². The molecule has 0 radical (unpaired) electrons. The van der Waals surface area contributed by atoms with Crippen molar-refractivity contribution in [3.05, 3.63) is 29.8 Å². The van der Waals surface area contributed by atoms with E-state index in [2.05, 4.69) is 10.2 Å².